The van der Waals surface area contributed by atoms with Gasteiger partial charge in [-0.05, 0) is 24.6 Å². The molecule has 0 atom stereocenters. The number of benzene rings is 2. The zero-order valence-electron chi connectivity index (χ0n) is 17.0. The van der Waals surface area contributed by atoms with E-state index in [1.54, 1.807) is 11.0 Å². The summed E-state index contributed by atoms with van der Waals surface area (Å²) in [5.41, 5.74) is 2.10. The summed E-state index contributed by atoms with van der Waals surface area (Å²) in [5, 5.41) is 11.8. The van der Waals surface area contributed by atoms with Crippen LogP contribution in [0.3, 0.4) is 0 Å². The van der Waals surface area contributed by atoms with Crippen LogP contribution in [-0.4, -0.2) is 60.1 Å². The van der Waals surface area contributed by atoms with Gasteiger partial charge in [0.1, 0.15) is 0 Å². The van der Waals surface area contributed by atoms with Gasteiger partial charge in [0.15, 0.2) is 5.13 Å². The second-order valence-electron chi connectivity index (χ2n) is 7.14. The largest absolute Gasteiger partial charge is 0.379 e. The first-order valence-corrected chi connectivity index (χ1v) is 10.6. The third kappa shape index (κ3) is 5.19. The maximum Gasteiger partial charge on any atom is 0.270 e. The van der Waals surface area contributed by atoms with Crippen LogP contribution in [0.5, 0.6) is 0 Å². The smallest absolute Gasteiger partial charge is 0.270 e. The molecule has 10 heteroatoms. The second-order valence-corrected chi connectivity index (χ2v) is 8.15. The molecule has 0 saturated carbocycles. The van der Waals surface area contributed by atoms with Gasteiger partial charge in [-0.15, -0.1) is 12.4 Å². The minimum atomic E-state index is -0.490. The minimum Gasteiger partial charge on any atom is -0.379 e. The fraction of sp³-hybridized carbons (Fsp3) is 0.333. The number of thiazole rings is 1. The maximum atomic E-state index is 13.4. The number of fused-ring (bicyclic) bond motifs is 1. The Kier molecular flexibility index (Phi) is 7.55. The van der Waals surface area contributed by atoms with Crippen molar-refractivity contribution in [3.63, 3.8) is 0 Å². The highest BCUT2D eigenvalue weighted by atomic mass is 35.5. The molecule has 164 valence electrons. The van der Waals surface area contributed by atoms with Crippen molar-refractivity contribution in [3.8, 4) is 0 Å². The number of aromatic nitrogens is 1. The van der Waals surface area contributed by atoms with E-state index in [0.29, 0.717) is 31.4 Å². The molecule has 1 aliphatic rings. The number of halogens is 1. The lowest BCUT2D eigenvalue weighted by Gasteiger charge is -2.29. The molecule has 1 aromatic heterocycles. The third-order valence-electron chi connectivity index (χ3n) is 5.13. The van der Waals surface area contributed by atoms with Crippen LogP contribution < -0.4 is 4.90 Å². The molecule has 3 aromatic rings. The number of amides is 1. The molecule has 31 heavy (non-hydrogen) atoms. The molecular formula is C21H23ClN4O4S. The summed E-state index contributed by atoms with van der Waals surface area (Å²) in [7, 11) is 0. The molecule has 8 nitrogen and oxygen atoms in total. The molecular weight excluding hydrogens is 440 g/mol. The number of hydrogen-bond donors (Lipinski definition) is 0. The summed E-state index contributed by atoms with van der Waals surface area (Å²) in [5.74, 6) is -0.288. The number of aryl methyl sites for hydroxylation is 1. The lowest BCUT2D eigenvalue weighted by atomic mass is 10.2. The monoisotopic (exact) mass is 462 g/mol. The van der Waals surface area contributed by atoms with Gasteiger partial charge in [-0.1, -0.05) is 29.5 Å². The van der Waals surface area contributed by atoms with E-state index in [1.807, 2.05) is 25.1 Å². The van der Waals surface area contributed by atoms with Gasteiger partial charge in [0.25, 0.3) is 11.6 Å². The van der Waals surface area contributed by atoms with Crippen LogP contribution in [-0.2, 0) is 4.74 Å². The van der Waals surface area contributed by atoms with E-state index in [-0.39, 0.29) is 29.6 Å². The van der Waals surface area contributed by atoms with Crippen LogP contribution in [0.2, 0.25) is 0 Å². The molecule has 0 spiro atoms. The highest BCUT2D eigenvalue weighted by Crippen LogP contribution is 2.31. The van der Waals surface area contributed by atoms with Crippen molar-refractivity contribution in [2.75, 3.05) is 44.3 Å². The molecule has 1 aliphatic heterocycles. The van der Waals surface area contributed by atoms with Gasteiger partial charge < -0.3 is 4.74 Å². The SMILES string of the molecule is Cc1cccc2sc(N(CCN3CCOCC3)C(=O)c3cccc([N+](=O)[O-])c3)nc12.Cl. The van der Waals surface area contributed by atoms with Crippen molar-refractivity contribution in [1.29, 1.82) is 0 Å². The van der Waals surface area contributed by atoms with Gasteiger partial charge in [0.05, 0.1) is 28.4 Å². The average molecular weight is 463 g/mol. The second kappa shape index (κ2) is 10.1. The van der Waals surface area contributed by atoms with Crippen LogP contribution in [0, 0.1) is 17.0 Å². The molecule has 1 saturated heterocycles. The summed E-state index contributed by atoms with van der Waals surface area (Å²) >= 11 is 1.46. The molecule has 0 radical (unpaired) electrons. The number of carbonyl (C=O) groups excluding carboxylic acids is 1. The molecule has 0 aliphatic carbocycles. The van der Waals surface area contributed by atoms with Gasteiger partial charge in [-0.25, -0.2) is 4.98 Å². The predicted molar refractivity (Wildman–Crippen MR) is 124 cm³/mol. The molecule has 0 unspecified atom stereocenters. The Labute approximate surface area is 190 Å². The molecule has 2 heterocycles. The van der Waals surface area contributed by atoms with Gasteiger partial charge in [-0.2, -0.15) is 0 Å². The van der Waals surface area contributed by atoms with E-state index >= 15 is 0 Å². The number of carbonyl (C=O) groups is 1. The Morgan fingerprint density at radius 3 is 2.71 bits per heavy atom. The first-order chi connectivity index (χ1) is 14.5. The van der Waals surface area contributed by atoms with Gasteiger partial charge >= 0.3 is 0 Å². The molecule has 4 rings (SSSR count). The van der Waals surface area contributed by atoms with Crippen LogP contribution in [0.15, 0.2) is 42.5 Å². The van der Waals surface area contributed by atoms with E-state index < -0.39 is 4.92 Å². The molecule has 1 amide bonds. The van der Waals surface area contributed by atoms with E-state index in [9.17, 15) is 14.9 Å². The first-order valence-electron chi connectivity index (χ1n) is 9.75. The summed E-state index contributed by atoms with van der Waals surface area (Å²) < 4.78 is 6.41. The first kappa shape index (κ1) is 23.1. The molecule has 2 aromatic carbocycles. The number of nitro benzene ring substituents is 1. The number of non-ortho nitro benzene ring substituents is 1. The Morgan fingerprint density at radius 2 is 2.00 bits per heavy atom. The lowest BCUT2D eigenvalue weighted by molar-refractivity contribution is -0.384. The fourth-order valence-electron chi connectivity index (χ4n) is 3.45. The summed E-state index contributed by atoms with van der Waals surface area (Å²) in [6, 6.07) is 11.8. The normalized spacial score (nSPS) is 14.2. The van der Waals surface area contributed by atoms with Gasteiger partial charge in [0.2, 0.25) is 0 Å². The highest BCUT2D eigenvalue weighted by molar-refractivity contribution is 7.22. The van der Waals surface area contributed by atoms with E-state index in [4.69, 9.17) is 9.72 Å². The lowest BCUT2D eigenvalue weighted by Crippen LogP contribution is -2.43. The van der Waals surface area contributed by atoms with Crippen molar-refractivity contribution in [1.82, 2.24) is 9.88 Å². The molecule has 0 N–H and O–H groups in total. The Morgan fingerprint density at radius 1 is 1.26 bits per heavy atom. The number of anilines is 1. The van der Waals surface area contributed by atoms with Gasteiger partial charge in [0, 0.05) is 43.9 Å². The van der Waals surface area contributed by atoms with Crippen molar-refractivity contribution in [2.45, 2.75) is 6.92 Å². The quantitative estimate of drug-likeness (QED) is 0.407. The zero-order chi connectivity index (χ0) is 21.1. The van der Waals surface area contributed by atoms with E-state index in [2.05, 4.69) is 4.90 Å². The number of nitrogens with zero attached hydrogens (tertiary/aromatic N) is 4. The Bertz CT molecular complexity index is 1080. The van der Waals surface area contributed by atoms with Crippen molar-refractivity contribution < 1.29 is 14.5 Å². The highest BCUT2D eigenvalue weighted by Gasteiger charge is 2.24. The average Bonchev–Trinajstić information content (AvgIpc) is 3.20. The van der Waals surface area contributed by atoms with Gasteiger partial charge in [-0.3, -0.25) is 24.7 Å². The number of hydrogen-bond acceptors (Lipinski definition) is 7. The predicted octanol–water partition coefficient (Wildman–Crippen LogP) is 3.91. The van der Waals surface area contributed by atoms with Crippen molar-refractivity contribution in [2.24, 2.45) is 0 Å². The van der Waals surface area contributed by atoms with E-state index in [0.717, 1.165) is 28.9 Å². The fourth-order valence-corrected chi connectivity index (χ4v) is 4.52. The topological polar surface area (TPSA) is 88.8 Å². The van der Waals surface area contributed by atoms with Crippen LogP contribution in [0.4, 0.5) is 10.8 Å². The number of ether oxygens (including phenoxy) is 1. The van der Waals surface area contributed by atoms with Crippen LogP contribution in [0.25, 0.3) is 10.2 Å². The summed E-state index contributed by atoms with van der Waals surface area (Å²) in [6.07, 6.45) is 0. The number of rotatable bonds is 6. The maximum absolute atomic E-state index is 13.4. The Balaban J connectivity index is 0.00000272. The summed E-state index contributed by atoms with van der Waals surface area (Å²) in [6.45, 7) is 6.11. The molecule has 0 bridgehead atoms. The van der Waals surface area contributed by atoms with Crippen molar-refractivity contribution >= 4 is 50.7 Å². The minimum absolute atomic E-state index is 0. The van der Waals surface area contributed by atoms with Crippen LogP contribution in [0.1, 0.15) is 15.9 Å². The van der Waals surface area contributed by atoms with Crippen molar-refractivity contribution in [3.05, 3.63) is 63.7 Å². The van der Waals surface area contributed by atoms with E-state index in [1.165, 1.54) is 29.5 Å². The number of morpholine rings is 1. The zero-order valence-corrected chi connectivity index (χ0v) is 18.7. The summed E-state index contributed by atoms with van der Waals surface area (Å²) in [4.78, 5) is 32.7. The van der Waals surface area contributed by atoms with Crippen LogP contribution >= 0.6 is 23.7 Å². The third-order valence-corrected chi connectivity index (χ3v) is 6.18. The standard InChI is InChI=1S/C21H22N4O4S.ClH/c1-15-4-2-7-18-19(15)22-21(30-18)24(9-8-23-10-12-29-13-11-23)20(26)16-5-3-6-17(14-16)25(27)28;/h2-7,14H,8-13H2,1H3;1H. The Hall–Kier alpha value is -2.59. The number of nitro groups is 1. The molecule has 1 fully saturated rings. The number of para-hydroxylation sites is 1.